The number of rotatable bonds is 4. The Morgan fingerprint density at radius 2 is 1.95 bits per heavy atom. The van der Waals surface area contributed by atoms with Crippen LogP contribution in [0.15, 0.2) is 0 Å². The molecule has 2 saturated heterocycles. The first-order valence-corrected chi connectivity index (χ1v) is 7.70. The topological polar surface area (TPSA) is 87.7 Å². The SMILES string of the molecule is CC1(C)CCCNC1C(=O)NCC1(C(=O)O)CCOCC1. The Balaban J connectivity index is 1.97. The molecule has 0 aromatic rings. The molecule has 6 heteroatoms. The lowest BCUT2D eigenvalue weighted by molar-refractivity contribution is -0.154. The predicted octanol–water partition coefficient (Wildman–Crippen LogP) is 0.762. The van der Waals surface area contributed by atoms with Gasteiger partial charge in [-0.3, -0.25) is 9.59 Å². The standard InChI is InChI=1S/C15H26N2O4/c1-14(2)4-3-7-16-11(14)12(18)17-10-15(13(19)20)5-8-21-9-6-15/h11,16H,3-10H2,1-2H3,(H,17,18)(H,19,20). The van der Waals surface area contributed by atoms with Crippen LogP contribution in [0.4, 0.5) is 0 Å². The van der Waals surface area contributed by atoms with Crippen LogP contribution >= 0.6 is 0 Å². The Morgan fingerprint density at radius 3 is 2.52 bits per heavy atom. The molecule has 0 bridgehead atoms. The summed E-state index contributed by atoms with van der Waals surface area (Å²) < 4.78 is 5.24. The Kier molecular flexibility index (Phi) is 4.88. The normalized spacial score (nSPS) is 27.8. The average molecular weight is 298 g/mol. The molecule has 1 amide bonds. The molecule has 21 heavy (non-hydrogen) atoms. The van der Waals surface area contributed by atoms with E-state index in [1.165, 1.54) is 0 Å². The van der Waals surface area contributed by atoms with E-state index in [0.717, 1.165) is 19.4 Å². The van der Waals surface area contributed by atoms with Gasteiger partial charge in [-0.05, 0) is 37.6 Å². The maximum atomic E-state index is 12.4. The van der Waals surface area contributed by atoms with Gasteiger partial charge < -0.3 is 20.5 Å². The van der Waals surface area contributed by atoms with Crippen LogP contribution in [0.1, 0.15) is 39.5 Å². The first-order valence-electron chi connectivity index (χ1n) is 7.70. The van der Waals surface area contributed by atoms with Crippen LogP contribution in [0, 0.1) is 10.8 Å². The van der Waals surface area contributed by atoms with E-state index in [1.54, 1.807) is 0 Å². The molecule has 0 radical (unpaired) electrons. The number of carboxylic acid groups (broad SMARTS) is 1. The molecule has 1 unspecified atom stereocenters. The summed E-state index contributed by atoms with van der Waals surface area (Å²) in [6.45, 7) is 6.04. The van der Waals surface area contributed by atoms with Crippen LogP contribution in [0.2, 0.25) is 0 Å². The van der Waals surface area contributed by atoms with Crippen molar-refractivity contribution in [2.24, 2.45) is 10.8 Å². The lowest BCUT2D eigenvalue weighted by atomic mass is 9.76. The number of amides is 1. The second kappa shape index (κ2) is 6.32. The fourth-order valence-electron chi connectivity index (χ4n) is 3.25. The Labute approximate surface area is 125 Å². The van der Waals surface area contributed by atoms with Gasteiger partial charge in [0, 0.05) is 19.8 Å². The summed E-state index contributed by atoms with van der Waals surface area (Å²) in [6, 6.07) is -0.253. The molecule has 1 atom stereocenters. The lowest BCUT2D eigenvalue weighted by Crippen LogP contribution is -2.57. The number of hydrogen-bond donors (Lipinski definition) is 3. The minimum Gasteiger partial charge on any atom is -0.481 e. The fourth-order valence-corrected chi connectivity index (χ4v) is 3.25. The van der Waals surface area contributed by atoms with Crippen LogP contribution in [-0.2, 0) is 14.3 Å². The van der Waals surface area contributed by atoms with E-state index in [0.29, 0.717) is 26.1 Å². The highest BCUT2D eigenvalue weighted by molar-refractivity contribution is 5.84. The predicted molar refractivity (Wildman–Crippen MR) is 77.9 cm³/mol. The van der Waals surface area contributed by atoms with Gasteiger partial charge in [-0.1, -0.05) is 13.8 Å². The van der Waals surface area contributed by atoms with Crippen LogP contribution < -0.4 is 10.6 Å². The van der Waals surface area contributed by atoms with Crippen molar-refractivity contribution in [2.45, 2.75) is 45.6 Å². The molecule has 0 aromatic carbocycles. The van der Waals surface area contributed by atoms with Gasteiger partial charge in [-0.25, -0.2) is 0 Å². The van der Waals surface area contributed by atoms with Gasteiger partial charge in [-0.2, -0.15) is 0 Å². The number of carbonyl (C=O) groups excluding carboxylic acids is 1. The van der Waals surface area contributed by atoms with Gasteiger partial charge in [0.2, 0.25) is 5.91 Å². The number of nitrogens with one attached hydrogen (secondary N) is 2. The number of ether oxygens (including phenoxy) is 1. The second-order valence-electron chi connectivity index (χ2n) is 6.89. The van der Waals surface area contributed by atoms with Crippen molar-refractivity contribution in [3.63, 3.8) is 0 Å². The summed E-state index contributed by atoms with van der Waals surface area (Å²) in [4.78, 5) is 24.0. The number of carbonyl (C=O) groups is 2. The molecule has 2 heterocycles. The van der Waals surface area contributed by atoms with Crippen LogP contribution in [0.5, 0.6) is 0 Å². The summed E-state index contributed by atoms with van der Waals surface area (Å²) in [5.74, 6) is -0.936. The molecule has 2 fully saturated rings. The molecular weight excluding hydrogens is 272 g/mol. The van der Waals surface area contributed by atoms with E-state index in [9.17, 15) is 14.7 Å². The van der Waals surface area contributed by atoms with E-state index in [2.05, 4.69) is 24.5 Å². The molecule has 6 nitrogen and oxygen atoms in total. The first-order chi connectivity index (χ1) is 9.87. The third-order valence-corrected chi connectivity index (χ3v) is 4.89. The highest BCUT2D eigenvalue weighted by Gasteiger charge is 2.42. The summed E-state index contributed by atoms with van der Waals surface area (Å²) in [6.07, 6.45) is 2.96. The van der Waals surface area contributed by atoms with E-state index in [4.69, 9.17) is 4.74 Å². The van der Waals surface area contributed by atoms with Crippen LogP contribution in [0.3, 0.4) is 0 Å². The number of hydrogen-bond acceptors (Lipinski definition) is 4. The fraction of sp³-hybridized carbons (Fsp3) is 0.867. The lowest BCUT2D eigenvalue weighted by Gasteiger charge is -2.39. The van der Waals surface area contributed by atoms with E-state index in [-0.39, 0.29) is 23.9 Å². The highest BCUT2D eigenvalue weighted by atomic mass is 16.5. The second-order valence-corrected chi connectivity index (χ2v) is 6.89. The molecule has 0 aliphatic carbocycles. The maximum absolute atomic E-state index is 12.4. The molecule has 120 valence electrons. The van der Waals surface area contributed by atoms with Crippen LogP contribution in [0.25, 0.3) is 0 Å². The first kappa shape index (κ1) is 16.2. The number of piperidine rings is 1. The van der Waals surface area contributed by atoms with Crippen molar-refractivity contribution >= 4 is 11.9 Å². The summed E-state index contributed by atoms with van der Waals surface area (Å²) >= 11 is 0. The Bertz CT molecular complexity index is 402. The smallest absolute Gasteiger partial charge is 0.311 e. The Morgan fingerprint density at radius 1 is 1.29 bits per heavy atom. The highest BCUT2D eigenvalue weighted by Crippen LogP contribution is 2.32. The van der Waals surface area contributed by atoms with E-state index < -0.39 is 11.4 Å². The van der Waals surface area contributed by atoms with E-state index in [1.807, 2.05) is 0 Å². The largest absolute Gasteiger partial charge is 0.481 e. The van der Waals surface area contributed by atoms with Crippen molar-refractivity contribution in [2.75, 3.05) is 26.3 Å². The zero-order chi connectivity index (χ0) is 15.5. The van der Waals surface area contributed by atoms with Gasteiger partial charge in [0.15, 0.2) is 0 Å². The average Bonchev–Trinajstić information content (AvgIpc) is 2.45. The maximum Gasteiger partial charge on any atom is 0.311 e. The number of carboxylic acids is 1. The molecule has 2 aliphatic rings. The molecule has 0 saturated carbocycles. The van der Waals surface area contributed by atoms with Gasteiger partial charge >= 0.3 is 5.97 Å². The summed E-state index contributed by atoms with van der Waals surface area (Å²) in [5.41, 5.74) is -0.985. The summed E-state index contributed by atoms with van der Waals surface area (Å²) in [5, 5.41) is 15.6. The van der Waals surface area contributed by atoms with Gasteiger partial charge in [0.25, 0.3) is 0 Å². The van der Waals surface area contributed by atoms with Gasteiger partial charge in [0.05, 0.1) is 11.5 Å². The molecule has 2 rings (SSSR count). The molecule has 3 N–H and O–H groups in total. The Hall–Kier alpha value is -1.14. The summed E-state index contributed by atoms with van der Waals surface area (Å²) in [7, 11) is 0. The van der Waals surface area contributed by atoms with Crippen molar-refractivity contribution < 1.29 is 19.4 Å². The van der Waals surface area contributed by atoms with Crippen LogP contribution in [-0.4, -0.2) is 49.3 Å². The third-order valence-electron chi connectivity index (χ3n) is 4.89. The molecule has 2 aliphatic heterocycles. The van der Waals surface area contributed by atoms with Crippen molar-refractivity contribution in [3.8, 4) is 0 Å². The quantitative estimate of drug-likeness (QED) is 0.713. The van der Waals surface area contributed by atoms with Crippen molar-refractivity contribution in [1.29, 1.82) is 0 Å². The molecular formula is C15H26N2O4. The van der Waals surface area contributed by atoms with Crippen molar-refractivity contribution in [3.05, 3.63) is 0 Å². The zero-order valence-corrected chi connectivity index (χ0v) is 12.9. The van der Waals surface area contributed by atoms with Crippen molar-refractivity contribution in [1.82, 2.24) is 10.6 Å². The minimum absolute atomic E-state index is 0.0909. The van der Waals surface area contributed by atoms with Gasteiger partial charge in [0.1, 0.15) is 0 Å². The zero-order valence-electron chi connectivity index (χ0n) is 12.9. The molecule has 0 spiro atoms. The molecule has 0 aromatic heterocycles. The van der Waals surface area contributed by atoms with E-state index >= 15 is 0 Å². The third kappa shape index (κ3) is 3.55. The monoisotopic (exact) mass is 298 g/mol. The van der Waals surface area contributed by atoms with Gasteiger partial charge in [-0.15, -0.1) is 0 Å². The minimum atomic E-state index is -0.882. The number of aliphatic carboxylic acids is 1.